The number of hydrogen-bond acceptors (Lipinski definition) is 4. The first kappa shape index (κ1) is 18.7. The minimum Gasteiger partial charge on any atom is -0.491 e. The standard InChI is InChI=1S/C19H30N2O3/c1-4-15(3)24-18-8-6-16(7-9-18)19(23)21-12-10-20(11-13-21)17(5-2)14-22/h6-9,15,17,22H,4-5,10-14H2,1-3H3. The highest BCUT2D eigenvalue weighted by atomic mass is 16.5. The Balaban J connectivity index is 1.91. The van der Waals surface area contributed by atoms with Crippen LogP contribution in [0.5, 0.6) is 5.75 Å². The van der Waals surface area contributed by atoms with Gasteiger partial charge in [-0.3, -0.25) is 9.69 Å². The molecular weight excluding hydrogens is 304 g/mol. The van der Waals surface area contributed by atoms with Gasteiger partial charge in [0.15, 0.2) is 0 Å². The van der Waals surface area contributed by atoms with Crippen molar-refractivity contribution in [3.05, 3.63) is 29.8 Å². The Morgan fingerprint density at radius 1 is 1.12 bits per heavy atom. The van der Waals surface area contributed by atoms with Crippen LogP contribution in [0.1, 0.15) is 44.0 Å². The summed E-state index contributed by atoms with van der Waals surface area (Å²) >= 11 is 0. The lowest BCUT2D eigenvalue weighted by Crippen LogP contribution is -2.52. The van der Waals surface area contributed by atoms with E-state index in [1.807, 2.05) is 36.1 Å². The number of nitrogens with zero attached hydrogens (tertiary/aromatic N) is 2. The van der Waals surface area contributed by atoms with Crippen molar-refractivity contribution in [3.8, 4) is 5.75 Å². The van der Waals surface area contributed by atoms with Gasteiger partial charge in [-0.1, -0.05) is 13.8 Å². The van der Waals surface area contributed by atoms with E-state index in [1.54, 1.807) is 0 Å². The first-order valence-corrected chi connectivity index (χ1v) is 8.99. The molecule has 1 aliphatic rings. The van der Waals surface area contributed by atoms with Gasteiger partial charge in [0.2, 0.25) is 0 Å². The van der Waals surface area contributed by atoms with Crippen molar-refractivity contribution in [1.29, 1.82) is 0 Å². The van der Waals surface area contributed by atoms with E-state index in [2.05, 4.69) is 18.7 Å². The number of rotatable bonds is 7. The molecule has 0 saturated carbocycles. The molecule has 1 N–H and O–H groups in total. The number of carbonyl (C=O) groups excluding carboxylic acids is 1. The Bertz CT molecular complexity index is 506. The Labute approximate surface area is 145 Å². The second kappa shape index (κ2) is 9.04. The predicted octanol–water partition coefficient (Wildman–Crippen LogP) is 2.39. The Morgan fingerprint density at radius 2 is 1.75 bits per heavy atom. The molecule has 0 aromatic heterocycles. The van der Waals surface area contributed by atoms with E-state index in [-0.39, 0.29) is 24.7 Å². The van der Waals surface area contributed by atoms with Crippen molar-refractivity contribution in [2.24, 2.45) is 0 Å². The highest BCUT2D eigenvalue weighted by molar-refractivity contribution is 5.94. The molecular formula is C19H30N2O3. The van der Waals surface area contributed by atoms with Crippen LogP contribution in [0.2, 0.25) is 0 Å². The molecule has 0 bridgehead atoms. The summed E-state index contributed by atoms with van der Waals surface area (Å²) < 4.78 is 5.75. The molecule has 0 spiro atoms. The molecule has 1 aromatic carbocycles. The molecule has 24 heavy (non-hydrogen) atoms. The molecule has 1 aliphatic heterocycles. The molecule has 2 atom stereocenters. The molecule has 1 aromatic rings. The largest absolute Gasteiger partial charge is 0.491 e. The minimum absolute atomic E-state index is 0.0711. The van der Waals surface area contributed by atoms with Gasteiger partial charge in [0.25, 0.3) is 5.91 Å². The van der Waals surface area contributed by atoms with Crippen LogP contribution in [0.3, 0.4) is 0 Å². The first-order chi connectivity index (χ1) is 11.6. The number of aliphatic hydroxyl groups is 1. The van der Waals surface area contributed by atoms with Crippen molar-refractivity contribution < 1.29 is 14.6 Å². The molecule has 134 valence electrons. The number of benzene rings is 1. The normalized spacial score (nSPS) is 18.2. The summed E-state index contributed by atoms with van der Waals surface area (Å²) in [5.74, 6) is 0.876. The number of hydrogen-bond donors (Lipinski definition) is 1. The zero-order valence-corrected chi connectivity index (χ0v) is 15.1. The molecule has 5 heteroatoms. The van der Waals surface area contributed by atoms with Gasteiger partial charge in [0.05, 0.1) is 12.7 Å². The Kier molecular flexibility index (Phi) is 7.06. The fraction of sp³-hybridized carbons (Fsp3) is 0.632. The quantitative estimate of drug-likeness (QED) is 0.832. The lowest BCUT2D eigenvalue weighted by atomic mass is 10.1. The summed E-state index contributed by atoms with van der Waals surface area (Å²) in [5.41, 5.74) is 0.703. The van der Waals surface area contributed by atoms with Gasteiger partial charge < -0.3 is 14.7 Å². The van der Waals surface area contributed by atoms with Gasteiger partial charge in [0.1, 0.15) is 5.75 Å². The molecule has 0 radical (unpaired) electrons. The van der Waals surface area contributed by atoms with Gasteiger partial charge in [0, 0.05) is 37.8 Å². The molecule has 5 nitrogen and oxygen atoms in total. The number of carbonyl (C=O) groups is 1. The molecule has 1 heterocycles. The zero-order chi connectivity index (χ0) is 17.5. The lowest BCUT2D eigenvalue weighted by Gasteiger charge is -2.38. The van der Waals surface area contributed by atoms with E-state index < -0.39 is 0 Å². The van der Waals surface area contributed by atoms with Gasteiger partial charge in [-0.2, -0.15) is 0 Å². The predicted molar refractivity (Wildman–Crippen MR) is 95.5 cm³/mol. The SMILES string of the molecule is CCC(C)Oc1ccc(C(=O)N2CCN(C(CC)CO)CC2)cc1. The average molecular weight is 334 g/mol. The second-order valence-corrected chi connectivity index (χ2v) is 6.43. The van der Waals surface area contributed by atoms with E-state index in [0.29, 0.717) is 18.7 Å². The van der Waals surface area contributed by atoms with E-state index in [4.69, 9.17) is 4.74 Å². The third kappa shape index (κ3) is 4.71. The van der Waals surface area contributed by atoms with Crippen LogP contribution in [-0.4, -0.2) is 65.7 Å². The molecule has 1 fully saturated rings. The summed E-state index contributed by atoms with van der Waals surface area (Å²) in [6.07, 6.45) is 2.07. The number of amides is 1. The van der Waals surface area contributed by atoms with E-state index in [1.165, 1.54) is 0 Å². The molecule has 2 rings (SSSR count). The van der Waals surface area contributed by atoms with E-state index >= 15 is 0 Å². The van der Waals surface area contributed by atoms with Crippen molar-refractivity contribution in [2.75, 3.05) is 32.8 Å². The van der Waals surface area contributed by atoms with Crippen molar-refractivity contribution in [3.63, 3.8) is 0 Å². The van der Waals surface area contributed by atoms with Crippen LogP contribution in [0.15, 0.2) is 24.3 Å². The maximum Gasteiger partial charge on any atom is 0.253 e. The van der Waals surface area contributed by atoms with Crippen molar-refractivity contribution >= 4 is 5.91 Å². The number of aliphatic hydroxyl groups excluding tert-OH is 1. The van der Waals surface area contributed by atoms with E-state index in [0.717, 1.165) is 31.7 Å². The summed E-state index contributed by atoms with van der Waals surface area (Å²) in [7, 11) is 0. The monoisotopic (exact) mass is 334 g/mol. The van der Waals surface area contributed by atoms with Gasteiger partial charge in [-0.25, -0.2) is 0 Å². The van der Waals surface area contributed by atoms with Crippen LogP contribution in [0.25, 0.3) is 0 Å². The van der Waals surface area contributed by atoms with Crippen LogP contribution >= 0.6 is 0 Å². The summed E-state index contributed by atoms with van der Waals surface area (Å²) in [6.45, 7) is 9.45. The summed E-state index contributed by atoms with van der Waals surface area (Å²) in [4.78, 5) is 16.8. The molecule has 2 unspecified atom stereocenters. The third-order valence-corrected chi connectivity index (χ3v) is 4.81. The van der Waals surface area contributed by atoms with Gasteiger partial charge in [-0.05, 0) is 44.0 Å². The highest BCUT2D eigenvalue weighted by Gasteiger charge is 2.25. The fourth-order valence-electron chi connectivity index (χ4n) is 2.97. The Hall–Kier alpha value is -1.59. The van der Waals surface area contributed by atoms with Crippen LogP contribution in [-0.2, 0) is 0 Å². The molecule has 1 saturated heterocycles. The van der Waals surface area contributed by atoms with Crippen LogP contribution < -0.4 is 4.74 Å². The zero-order valence-electron chi connectivity index (χ0n) is 15.1. The van der Waals surface area contributed by atoms with Crippen molar-refractivity contribution in [2.45, 2.75) is 45.8 Å². The maximum absolute atomic E-state index is 12.6. The summed E-state index contributed by atoms with van der Waals surface area (Å²) in [5, 5.41) is 9.40. The maximum atomic E-state index is 12.6. The smallest absolute Gasteiger partial charge is 0.253 e. The fourth-order valence-corrected chi connectivity index (χ4v) is 2.97. The van der Waals surface area contributed by atoms with Crippen LogP contribution in [0, 0.1) is 0 Å². The highest BCUT2D eigenvalue weighted by Crippen LogP contribution is 2.17. The van der Waals surface area contributed by atoms with Crippen molar-refractivity contribution in [1.82, 2.24) is 9.80 Å². The number of piperazine rings is 1. The topological polar surface area (TPSA) is 53.0 Å². The molecule has 0 aliphatic carbocycles. The average Bonchev–Trinajstić information content (AvgIpc) is 2.63. The summed E-state index contributed by atoms with van der Waals surface area (Å²) in [6, 6.07) is 7.63. The molecule has 1 amide bonds. The lowest BCUT2D eigenvalue weighted by molar-refractivity contribution is 0.0472. The minimum atomic E-state index is 0.0711. The van der Waals surface area contributed by atoms with E-state index in [9.17, 15) is 9.90 Å². The third-order valence-electron chi connectivity index (χ3n) is 4.81. The van der Waals surface area contributed by atoms with Gasteiger partial charge >= 0.3 is 0 Å². The second-order valence-electron chi connectivity index (χ2n) is 6.43. The van der Waals surface area contributed by atoms with Crippen LogP contribution in [0.4, 0.5) is 0 Å². The first-order valence-electron chi connectivity index (χ1n) is 8.99. The Morgan fingerprint density at radius 3 is 2.25 bits per heavy atom. The number of ether oxygens (including phenoxy) is 1. The van der Waals surface area contributed by atoms with Gasteiger partial charge in [-0.15, -0.1) is 0 Å².